The Morgan fingerprint density at radius 3 is 2.48 bits per heavy atom. The number of hydrogen-bond acceptors (Lipinski definition) is 4. The van der Waals surface area contributed by atoms with Gasteiger partial charge in [0.05, 0.1) is 18.4 Å². The van der Waals surface area contributed by atoms with Gasteiger partial charge in [0.15, 0.2) is 0 Å². The fourth-order valence-electron chi connectivity index (χ4n) is 2.90. The molecule has 0 aliphatic carbocycles. The van der Waals surface area contributed by atoms with E-state index in [1.807, 2.05) is 42.1 Å². The van der Waals surface area contributed by atoms with E-state index < -0.39 is 10.0 Å². The number of anilines is 1. The number of sulfonamides is 1. The van der Waals surface area contributed by atoms with Crippen LogP contribution < -0.4 is 5.32 Å². The van der Waals surface area contributed by atoms with Crippen molar-refractivity contribution >= 4 is 32.5 Å². The topological polar surface area (TPSA) is 80.6 Å². The Morgan fingerprint density at radius 2 is 1.81 bits per heavy atom. The molecule has 0 spiro atoms. The molecular weight excluding hydrogens is 366 g/mol. The number of carbonyl (C=O) groups is 1. The molecule has 1 aromatic heterocycles. The summed E-state index contributed by atoms with van der Waals surface area (Å²) >= 11 is 0. The monoisotopic (exact) mass is 387 g/mol. The Bertz CT molecular complexity index is 1070. The molecule has 0 fully saturated rings. The maximum absolute atomic E-state index is 12.4. The largest absolute Gasteiger partial charge is 0.350 e. The predicted molar refractivity (Wildman–Crippen MR) is 104 cm³/mol. The van der Waals surface area contributed by atoms with Gasteiger partial charge in [0.1, 0.15) is 0 Å². The van der Waals surface area contributed by atoms with Crippen molar-refractivity contribution in [1.82, 2.24) is 9.04 Å². The highest BCUT2D eigenvalue weighted by atomic mass is 32.2. The minimum atomic E-state index is -3.71. The molecule has 1 amide bonds. The first-order valence-corrected chi connectivity index (χ1v) is 9.73. The summed E-state index contributed by atoms with van der Waals surface area (Å²) in [6.45, 7) is 0. The third kappa shape index (κ3) is 3.87. The lowest BCUT2D eigenvalue weighted by atomic mass is 10.1. The molecule has 0 saturated heterocycles. The van der Waals surface area contributed by atoms with E-state index in [0.29, 0.717) is 5.69 Å². The van der Waals surface area contributed by atoms with Gasteiger partial charge < -0.3 is 9.88 Å². The zero-order valence-corrected chi connectivity index (χ0v) is 16.2. The van der Waals surface area contributed by atoms with Crippen molar-refractivity contribution < 1.29 is 18.0 Å². The Balaban J connectivity index is 1.73. The van der Waals surface area contributed by atoms with Crippen LogP contribution in [0.3, 0.4) is 0 Å². The molecule has 27 heavy (non-hydrogen) atoms. The van der Waals surface area contributed by atoms with Crippen molar-refractivity contribution in [3.05, 3.63) is 60.3 Å². The SMILES string of the molecule is CON(C)S(=O)(=O)c1ccc(NC(=O)Cc2cn(C)c3ccccc23)cc1. The second-order valence-electron chi connectivity index (χ2n) is 6.13. The average molecular weight is 387 g/mol. The van der Waals surface area contributed by atoms with Gasteiger partial charge in [-0.1, -0.05) is 22.7 Å². The van der Waals surface area contributed by atoms with Crippen LogP contribution in [0.1, 0.15) is 5.56 Å². The first kappa shape index (κ1) is 19.1. The summed E-state index contributed by atoms with van der Waals surface area (Å²) in [4.78, 5) is 17.2. The molecular formula is C19H21N3O4S. The van der Waals surface area contributed by atoms with Crippen LogP contribution in [-0.2, 0) is 33.1 Å². The minimum absolute atomic E-state index is 0.0823. The first-order chi connectivity index (χ1) is 12.8. The molecule has 0 saturated carbocycles. The van der Waals surface area contributed by atoms with E-state index in [1.54, 1.807) is 12.1 Å². The zero-order valence-electron chi connectivity index (χ0n) is 15.3. The van der Waals surface area contributed by atoms with Crippen molar-refractivity contribution in [3.63, 3.8) is 0 Å². The molecule has 8 heteroatoms. The fourth-order valence-corrected chi connectivity index (χ4v) is 3.87. The first-order valence-electron chi connectivity index (χ1n) is 8.29. The van der Waals surface area contributed by atoms with Gasteiger partial charge in [0.25, 0.3) is 10.0 Å². The van der Waals surface area contributed by atoms with E-state index in [0.717, 1.165) is 20.9 Å². The van der Waals surface area contributed by atoms with Crippen LogP contribution in [0.4, 0.5) is 5.69 Å². The molecule has 1 N–H and O–H groups in total. The number of aryl methyl sites for hydroxylation is 1. The summed E-state index contributed by atoms with van der Waals surface area (Å²) < 4.78 is 27.1. The molecule has 142 valence electrons. The van der Waals surface area contributed by atoms with Crippen LogP contribution in [0, 0.1) is 0 Å². The van der Waals surface area contributed by atoms with Crippen molar-refractivity contribution in [1.29, 1.82) is 0 Å². The van der Waals surface area contributed by atoms with E-state index >= 15 is 0 Å². The van der Waals surface area contributed by atoms with Crippen molar-refractivity contribution in [2.75, 3.05) is 19.5 Å². The maximum Gasteiger partial charge on any atom is 0.264 e. The molecule has 0 unspecified atom stereocenters. The number of hydrogen-bond donors (Lipinski definition) is 1. The Hall–Kier alpha value is -2.68. The predicted octanol–water partition coefficient (Wildman–Crippen LogP) is 2.54. The average Bonchev–Trinajstić information content (AvgIpc) is 2.97. The summed E-state index contributed by atoms with van der Waals surface area (Å²) in [6.07, 6.45) is 2.17. The standard InChI is InChI=1S/C19H21N3O4S/c1-21-13-14(17-6-4-5-7-18(17)21)12-19(23)20-15-8-10-16(11-9-15)27(24,25)22(2)26-3/h4-11,13H,12H2,1-3H3,(H,20,23). The summed E-state index contributed by atoms with van der Waals surface area (Å²) in [5, 5.41) is 3.84. The quantitative estimate of drug-likeness (QED) is 0.659. The van der Waals surface area contributed by atoms with Gasteiger partial charge in [-0.05, 0) is 35.9 Å². The van der Waals surface area contributed by atoms with E-state index in [1.165, 1.54) is 26.3 Å². The lowest BCUT2D eigenvalue weighted by molar-refractivity contribution is -0.115. The summed E-state index contributed by atoms with van der Waals surface area (Å²) in [5.41, 5.74) is 2.53. The van der Waals surface area contributed by atoms with E-state index in [9.17, 15) is 13.2 Å². The Labute approximate surface area is 158 Å². The van der Waals surface area contributed by atoms with E-state index in [-0.39, 0.29) is 17.2 Å². The summed E-state index contributed by atoms with van der Waals surface area (Å²) in [5.74, 6) is -0.170. The molecule has 7 nitrogen and oxygen atoms in total. The van der Waals surface area contributed by atoms with E-state index in [4.69, 9.17) is 4.84 Å². The van der Waals surface area contributed by atoms with Crippen molar-refractivity contribution in [2.45, 2.75) is 11.3 Å². The smallest absolute Gasteiger partial charge is 0.264 e. The van der Waals surface area contributed by atoms with Gasteiger partial charge in [-0.15, -0.1) is 0 Å². The number of amides is 1. The number of nitrogens with zero attached hydrogens (tertiary/aromatic N) is 2. The van der Waals surface area contributed by atoms with Crippen molar-refractivity contribution in [2.24, 2.45) is 7.05 Å². The molecule has 0 aliphatic rings. The van der Waals surface area contributed by atoms with E-state index in [2.05, 4.69) is 5.32 Å². The second-order valence-corrected chi connectivity index (χ2v) is 8.06. The van der Waals surface area contributed by atoms with Gasteiger partial charge >= 0.3 is 0 Å². The van der Waals surface area contributed by atoms with Gasteiger partial charge in [0.2, 0.25) is 5.91 Å². The van der Waals surface area contributed by atoms with Gasteiger partial charge in [-0.2, -0.15) is 0 Å². The number of nitrogens with one attached hydrogen (secondary N) is 1. The van der Waals surface area contributed by atoms with Gasteiger partial charge in [-0.25, -0.2) is 8.42 Å². The highest BCUT2D eigenvalue weighted by Crippen LogP contribution is 2.22. The molecule has 2 aromatic carbocycles. The van der Waals surface area contributed by atoms with Crippen molar-refractivity contribution in [3.8, 4) is 0 Å². The minimum Gasteiger partial charge on any atom is -0.350 e. The zero-order chi connectivity index (χ0) is 19.6. The van der Waals surface area contributed by atoms with Crippen LogP contribution in [0.25, 0.3) is 10.9 Å². The number of carbonyl (C=O) groups excluding carboxylic acids is 1. The summed E-state index contributed by atoms with van der Waals surface area (Å²) in [7, 11) is 0.828. The van der Waals surface area contributed by atoms with Crippen LogP contribution in [0.5, 0.6) is 0 Å². The molecule has 3 rings (SSSR count). The van der Waals surface area contributed by atoms with Crippen LogP contribution in [0.2, 0.25) is 0 Å². The molecule has 3 aromatic rings. The third-order valence-electron chi connectivity index (χ3n) is 4.36. The maximum atomic E-state index is 12.4. The Kier molecular flexibility index (Phi) is 5.31. The molecule has 0 aliphatic heterocycles. The molecule has 0 atom stereocenters. The number of fused-ring (bicyclic) bond motifs is 1. The number of hydroxylamine groups is 1. The summed E-state index contributed by atoms with van der Waals surface area (Å²) in [6, 6.07) is 13.9. The molecule has 0 bridgehead atoms. The van der Waals surface area contributed by atoms with Crippen LogP contribution >= 0.6 is 0 Å². The molecule has 1 heterocycles. The second kappa shape index (κ2) is 7.51. The highest BCUT2D eigenvalue weighted by Gasteiger charge is 2.20. The van der Waals surface area contributed by atoms with Crippen LogP contribution in [0.15, 0.2) is 59.6 Å². The molecule has 0 radical (unpaired) electrons. The highest BCUT2D eigenvalue weighted by molar-refractivity contribution is 7.89. The normalized spacial score (nSPS) is 11.9. The lowest BCUT2D eigenvalue weighted by Crippen LogP contribution is -2.25. The Morgan fingerprint density at radius 1 is 1.15 bits per heavy atom. The number of benzene rings is 2. The third-order valence-corrected chi connectivity index (χ3v) is 6.06. The van der Waals surface area contributed by atoms with Crippen LogP contribution in [-0.4, -0.2) is 37.5 Å². The number of para-hydroxylation sites is 1. The van der Waals surface area contributed by atoms with Gasteiger partial charge in [0, 0.05) is 36.9 Å². The number of rotatable bonds is 6. The fraction of sp³-hybridized carbons (Fsp3) is 0.211. The van der Waals surface area contributed by atoms with Gasteiger partial charge in [-0.3, -0.25) is 9.63 Å². The lowest BCUT2D eigenvalue weighted by Gasteiger charge is -2.14. The number of aromatic nitrogens is 1.